The van der Waals surface area contributed by atoms with Crippen LogP contribution >= 0.6 is 0 Å². The van der Waals surface area contributed by atoms with Gasteiger partial charge in [0.15, 0.2) is 17.1 Å². The molecule has 4 aromatic rings. The molecule has 0 spiro atoms. The number of aliphatic hydroxyl groups is 4. The Kier molecular flexibility index (Phi) is 5.76. The maximum Gasteiger partial charge on any atom is 0.235 e. The molecule has 178 valence electrons. The minimum Gasteiger partial charge on any atom is -0.490 e. The summed E-state index contributed by atoms with van der Waals surface area (Å²) in [6.45, 7) is -0.609. The number of fused-ring (bicyclic) bond motifs is 3. The van der Waals surface area contributed by atoms with Crippen LogP contribution in [0.5, 0.6) is 11.5 Å². The molecule has 1 saturated heterocycles. The van der Waals surface area contributed by atoms with Crippen LogP contribution in [0.1, 0.15) is 0 Å². The second-order valence-corrected chi connectivity index (χ2v) is 7.89. The lowest BCUT2D eigenvalue weighted by atomic mass is 9.99. The number of rotatable bonds is 5. The Morgan fingerprint density at radius 3 is 2.44 bits per heavy atom. The third kappa shape index (κ3) is 3.52. The SMILES string of the molecule is COc1c(-c2ccccc2)oc2c(cc(O[C@H]3O[C@@H](CO)[C@H](O)[C@@H](O)[C@@H]3O)c3occc32)c1=O. The minimum absolute atomic E-state index is 0.000310. The molecule has 2 aromatic heterocycles. The second-order valence-electron chi connectivity index (χ2n) is 7.89. The van der Waals surface area contributed by atoms with Gasteiger partial charge in [0, 0.05) is 5.56 Å². The van der Waals surface area contributed by atoms with Crippen LogP contribution < -0.4 is 14.9 Å². The maximum atomic E-state index is 13.4. The molecule has 1 aliphatic heterocycles. The van der Waals surface area contributed by atoms with Crippen molar-refractivity contribution in [2.24, 2.45) is 0 Å². The molecular formula is C24H22O10. The molecule has 0 unspecified atom stereocenters. The first-order chi connectivity index (χ1) is 16.4. The number of hydrogen-bond donors (Lipinski definition) is 4. The van der Waals surface area contributed by atoms with E-state index in [0.717, 1.165) is 0 Å². The Morgan fingerprint density at radius 1 is 0.971 bits per heavy atom. The van der Waals surface area contributed by atoms with Crippen molar-refractivity contribution in [3.8, 4) is 22.8 Å². The molecule has 5 atom stereocenters. The van der Waals surface area contributed by atoms with Crippen LogP contribution in [0.4, 0.5) is 0 Å². The van der Waals surface area contributed by atoms with E-state index in [1.165, 1.54) is 19.4 Å². The van der Waals surface area contributed by atoms with Crippen molar-refractivity contribution in [1.82, 2.24) is 0 Å². The van der Waals surface area contributed by atoms with Gasteiger partial charge in [-0.25, -0.2) is 0 Å². The Morgan fingerprint density at radius 2 is 1.74 bits per heavy atom. The minimum atomic E-state index is -1.63. The van der Waals surface area contributed by atoms with Gasteiger partial charge < -0.3 is 43.5 Å². The van der Waals surface area contributed by atoms with Crippen molar-refractivity contribution >= 4 is 21.9 Å². The Hall–Kier alpha value is -3.41. The van der Waals surface area contributed by atoms with Gasteiger partial charge in [0.1, 0.15) is 30.0 Å². The molecule has 1 fully saturated rings. The zero-order valence-electron chi connectivity index (χ0n) is 18.0. The highest BCUT2D eigenvalue weighted by atomic mass is 16.7. The monoisotopic (exact) mass is 470 g/mol. The van der Waals surface area contributed by atoms with Crippen molar-refractivity contribution in [2.75, 3.05) is 13.7 Å². The molecule has 0 aliphatic carbocycles. The van der Waals surface area contributed by atoms with Gasteiger partial charge in [-0.1, -0.05) is 30.3 Å². The normalized spacial score (nSPS) is 25.0. The fourth-order valence-corrected chi connectivity index (χ4v) is 4.08. The fourth-order valence-electron chi connectivity index (χ4n) is 4.08. The number of methoxy groups -OCH3 is 1. The first-order valence-corrected chi connectivity index (χ1v) is 10.5. The summed E-state index contributed by atoms with van der Waals surface area (Å²) in [6, 6.07) is 12.0. The predicted octanol–water partition coefficient (Wildman–Crippen LogP) is 1.39. The Labute approximate surface area is 192 Å². The van der Waals surface area contributed by atoms with E-state index in [1.54, 1.807) is 18.2 Å². The number of ether oxygens (including phenoxy) is 3. The summed E-state index contributed by atoms with van der Waals surface area (Å²) in [7, 11) is 1.37. The Bertz CT molecular complexity index is 1370. The van der Waals surface area contributed by atoms with E-state index in [2.05, 4.69) is 0 Å². The highest BCUT2D eigenvalue weighted by Gasteiger charge is 2.45. The first kappa shape index (κ1) is 22.4. The number of hydrogen-bond acceptors (Lipinski definition) is 10. The summed E-state index contributed by atoms with van der Waals surface area (Å²) in [5, 5.41) is 40.4. The standard InChI is InChI=1S/C24H22O10/c1-30-23-16(26)13-9-14(32-24-19(29)18(28)17(27)15(10-25)33-24)22-12(7-8-31-22)21(13)34-20(23)11-5-3-2-4-6-11/h2-9,15,17-19,24-25,27-29H,10H2,1H3/t15-,17-,18+,19-,24-/m0/s1. The average Bonchev–Trinajstić information content (AvgIpc) is 3.36. The summed E-state index contributed by atoms with van der Waals surface area (Å²) in [4.78, 5) is 13.4. The molecule has 1 aliphatic rings. The molecule has 3 heterocycles. The van der Waals surface area contributed by atoms with Gasteiger partial charge in [-0.3, -0.25) is 4.79 Å². The van der Waals surface area contributed by atoms with Crippen LogP contribution in [-0.2, 0) is 4.74 Å². The molecule has 10 nitrogen and oxygen atoms in total. The van der Waals surface area contributed by atoms with Crippen LogP contribution in [0.3, 0.4) is 0 Å². The number of furan rings is 1. The van der Waals surface area contributed by atoms with Crippen LogP contribution in [0, 0.1) is 0 Å². The van der Waals surface area contributed by atoms with E-state index in [4.69, 9.17) is 23.0 Å². The lowest BCUT2D eigenvalue weighted by Gasteiger charge is -2.39. The molecule has 0 radical (unpaired) electrons. The van der Waals surface area contributed by atoms with Crippen LogP contribution in [0.15, 0.2) is 62.4 Å². The van der Waals surface area contributed by atoms with Gasteiger partial charge in [-0.2, -0.15) is 0 Å². The van der Waals surface area contributed by atoms with Crippen molar-refractivity contribution in [2.45, 2.75) is 30.7 Å². The zero-order chi connectivity index (χ0) is 24.0. The van der Waals surface area contributed by atoms with Crippen LogP contribution in [0.2, 0.25) is 0 Å². The van der Waals surface area contributed by atoms with Crippen molar-refractivity contribution in [3.63, 3.8) is 0 Å². The van der Waals surface area contributed by atoms with Gasteiger partial charge in [0.25, 0.3) is 0 Å². The summed E-state index contributed by atoms with van der Waals surface area (Å²) in [5.74, 6) is 0.282. The molecule has 5 rings (SSSR count). The van der Waals surface area contributed by atoms with Crippen molar-refractivity contribution in [3.05, 3.63) is 59.0 Å². The highest BCUT2D eigenvalue weighted by molar-refractivity contribution is 6.05. The molecule has 10 heteroatoms. The number of aliphatic hydroxyl groups excluding tert-OH is 4. The number of benzene rings is 2. The second kappa shape index (κ2) is 8.75. The molecule has 0 amide bonds. The van der Waals surface area contributed by atoms with E-state index >= 15 is 0 Å². The molecule has 0 bridgehead atoms. The molecule has 2 aromatic carbocycles. The highest BCUT2D eigenvalue weighted by Crippen LogP contribution is 2.39. The largest absolute Gasteiger partial charge is 0.490 e. The van der Waals surface area contributed by atoms with E-state index in [-0.39, 0.29) is 33.8 Å². The van der Waals surface area contributed by atoms with E-state index in [9.17, 15) is 25.2 Å². The summed E-state index contributed by atoms with van der Waals surface area (Å²) >= 11 is 0. The lowest BCUT2D eigenvalue weighted by Crippen LogP contribution is -2.60. The summed E-state index contributed by atoms with van der Waals surface area (Å²) < 4.78 is 28.3. The molecule has 4 N–H and O–H groups in total. The summed E-state index contributed by atoms with van der Waals surface area (Å²) in [6.07, 6.45) is -6.02. The fraction of sp³-hybridized carbons (Fsp3) is 0.292. The Balaban J connectivity index is 1.66. The smallest absolute Gasteiger partial charge is 0.235 e. The molecular weight excluding hydrogens is 448 g/mol. The van der Waals surface area contributed by atoms with Crippen molar-refractivity contribution < 1.29 is 43.5 Å². The van der Waals surface area contributed by atoms with E-state index in [1.807, 2.05) is 18.2 Å². The first-order valence-electron chi connectivity index (χ1n) is 10.5. The van der Waals surface area contributed by atoms with Gasteiger partial charge in [-0.05, 0) is 12.1 Å². The van der Waals surface area contributed by atoms with Gasteiger partial charge >= 0.3 is 0 Å². The quantitative estimate of drug-likeness (QED) is 0.337. The van der Waals surface area contributed by atoms with Crippen LogP contribution in [0.25, 0.3) is 33.3 Å². The topological polar surface area (TPSA) is 152 Å². The van der Waals surface area contributed by atoms with Gasteiger partial charge in [-0.15, -0.1) is 0 Å². The third-order valence-electron chi connectivity index (χ3n) is 5.85. The molecule has 0 saturated carbocycles. The zero-order valence-corrected chi connectivity index (χ0v) is 18.0. The van der Waals surface area contributed by atoms with Gasteiger partial charge in [0.2, 0.25) is 17.5 Å². The van der Waals surface area contributed by atoms with Gasteiger partial charge in [0.05, 0.1) is 30.8 Å². The molecule has 34 heavy (non-hydrogen) atoms. The van der Waals surface area contributed by atoms with E-state index < -0.39 is 42.7 Å². The lowest BCUT2D eigenvalue weighted by molar-refractivity contribution is -0.277. The average molecular weight is 470 g/mol. The summed E-state index contributed by atoms with van der Waals surface area (Å²) in [5.41, 5.74) is 0.646. The van der Waals surface area contributed by atoms with E-state index in [0.29, 0.717) is 10.9 Å². The van der Waals surface area contributed by atoms with Crippen molar-refractivity contribution in [1.29, 1.82) is 0 Å². The van der Waals surface area contributed by atoms with Crippen LogP contribution in [-0.4, -0.2) is 64.8 Å². The maximum absolute atomic E-state index is 13.4. The predicted molar refractivity (Wildman–Crippen MR) is 119 cm³/mol. The third-order valence-corrected chi connectivity index (χ3v) is 5.85.